The Morgan fingerprint density at radius 2 is 1.93 bits per heavy atom. The van der Waals surface area contributed by atoms with Crippen LogP contribution in [-0.2, 0) is 32.0 Å². The van der Waals surface area contributed by atoms with Crippen molar-refractivity contribution in [1.82, 2.24) is 9.21 Å². The summed E-state index contributed by atoms with van der Waals surface area (Å²) in [5.41, 5.74) is -2.78. The van der Waals surface area contributed by atoms with Gasteiger partial charge in [-0.2, -0.15) is 17.5 Å². The van der Waals surface area contributed by atoms with E-state index in [2.05, 4.69) is 5.11 Å². The van der Waals surface area contributed by atoms with E-state index in [4.69, 9.17) is 17.8 Å². The first-order valence-corrected chi connectivity index (χ1v) is 13.5. The molecule has 41 heavy (non-hydrogen) atoms. The van der Waals surface area contributed by atoms with Gasteiger partial charge in [0.15, 0.2) is 0 Å². The molecule has 4 rings (SSSR count). The molecule has 13 heteroatoms. The van der Waals surface area contributed by atoms with Gasteiger partial charge >= 0.3 is 12.3 Å². The fourth-order valence-corrected chi connectivity index (χ4v) is 5.54. The quantitative estimate of drug-likeness (QED) is 0.370. The average Bonchev–Trinajstić information content (AvgIpc) is 3.69. The van der Waals surface area contributed by atoms with Gasteiger partial charge in [-0.1, -0.05) is 44.1 Å². The largest absolute Gasteiger partial charge is 0.472 e. The first kappa shape index (κ1) is 18.4. The highest BCUT2D eigenvalue weighted by atomic mass is 32.2. The van der Waals surface area contributed by atoms with Crippen molar-refractivity contribution >= 4 is 16.1 Å². The number of rotatable bonds is 12. The highest BCUT2D eigenvalue weighted by Gasteiger charge is 2.48. The zero-order valence-electron chi connectivity index (χ0n) is 33.5. The third kappa shape index (κ3) is 7.03. The molecule has 0 aliphatic carbocycles. The number of halogens is 3. The number of carbonyl (C=O) groups is 1. The Morgan fingerprint density at radius 1 is 1.24 bits per heavy atom. The Morgan fingerprint density at radius 3 is 2.51 bits per heavy atom. The summed E-state index contributed by atoms with van der Waals surface area (Å²) >= 11 is 0. The van der Waals surface area contributed by atoms with Crippen molar-refractivity contribution in [3.63, 3.8) is 0 Å². The maximum absolute atomic E-state index is 14.2. The average molecular weight is 611 g/mol. The van der Waals surface area contributed by atoms with Gasteiger partial charge in [0, 0.05) is 18.5 Å². The molecule has 2 N–H and O–H groups in total. The van der Waals surface area contributed by atoms with Gasteiger partial charge in [-0.15, -0.1) is 0 Å². The van der Waals surface area contributed by atoms with Crippen LogP contribution in [-0.4, -0.2) is 79.4 Å². The Bertz CT molecular complexity index is 1860. The normalized spacial score (nSPS) is 28.4. The van der Waals surface area contributed by atoms with E-state index in [1.54, 1.807) is 0 Å². The summed E-state index contributed by atoms with van der Waals surface area (Å²) in [5.74, 6) is -2.13. The molecule has 2 aromatic carbocycles. The highest BCUT2D eigenvalue weighted by Crippen LogP contribution is 2.35. The Labute approximate surface area is 253 Å². The molecule has 0 saturated carbocycles. The van der Waals surface area contributed by atoms with Crippen LogP contribution in [0, 0.1) is 11.8 Å². The molecular weight excluding hydrogens is 565 g/mol. The van der Waals surface area contributed by atoms with Gasteiger partial charge in [-0.3, -0.25) is 4.90 Å². The molecule has 0 radical (unpaired) electrons. The number of ether oxygens (including phenoxy) is 2. The van der Waals surface area contributed by atoms with E-state index < -0.39 is 131 Å². The van der Waals surface area contributed by atoms with Gasteiger partial charge in [-0.25, -0.2) is 13.2 Å². The number of carboxylic acid groups (broad SMARTS) is 1. The van der Waals surface area contributed by atoms with Crippen LogP contribution < -0.4 is 0 Å². The van der Waals surface area contributed by atoms with E-state index in [1.807, 2.05) is 0 Å². The van der Waals surface area contributed by atoms with Crippen LogP contribution >= 0.6 is 0 Å². The summed E-state index contributed by atoms with van der Waals surface area (Å²) in [6.45, 7) is -3.32. The smallest absolute Gasteiger partial charge is 0.416 e. The van der Waals surface area contributed by atoms with Crippen molar-refractivity contribution in [3.05, 3.63) is 77.9 Å². The molecule has 5 atom stereocenters. The number of aliphatic hydroxyl groups is 1. The summed E-state index contributed by atoms with van der Waals surface area (Å²) in [5, 5.41) is 15.2. The Kier molecular flexibility index (Phi) is 5.57. The molecule has 9 nitrogen and oxygen atoms in total. The molecule has 0 aromatic heterocycles. The minimum atomic E-state index is -5.47. The lowest BCUT2D eigenvalue weighted by Crippen LogP contribution is -2.57. The molecule has 2 aromatic rings. The van der Waals surface area contributed by atoms with Crippen molar-refractivity contribution in [2.24, 2.45) is 11.8 Å². The maximum Gasteiger partial charge on any atom is 0.416 e. The zero-order chi connectivity index (χ0) is 40.4. The van der Waals surface area contributed by atoms with E-state index in [9.17, 15) is 39.7 Å². The van der Waals surface area contributed by atoms with Crippen LogP contribution in [0.4, 0.5) is 18.0 Å². The topological polar surface area (TPSA) is 117 Å². The second kappa shape index (κ2) is 12.4. The van der Waals surface area contributed by atoms with Gasteiger partial charge in [0.1, 0.15) is 0 Å². The van der Waals surface area contributed by atoms with Crippen LogP contribution in [0.3, 0.4) is 0 Å². The standard InChI is InChI=1S/C28H33F3N2O7S/c1-18(2)15-32(41(37,38)21-10-8-20(9-11-21)28(29,30)31)16-25(34)23(14-19-6-4-3-5-7-19)33(27(35)36)24-17-40-26-22(24)12-13-39-26/h3-13,18,22-26,34H,14-17H2,1-2H3,(H,35,36)/t22-,23-,24?,25+,26-/m0/s1/i3D,4D,5D,6D,7D,14D2,16D2,23D,25D,34D. The van der Waals surface area contributed by atoms with Gasteiger partial charge in [0.2, 0.25) is 17.7 Å². The molecule has 1 unspecified atom stereocenters. The minimum Gasteiger partial charge on any atom is -0.472 e. The Balaban J connectivity index is 2.12. The lowest BCUT2D eigenvalue weighted by molar-refractivity contribution is -0.137. The number of hydrogen-bond acceptors (Lipinski definition) is 6. The molecule has 1 amide bonds. The summed E-state index contributed by atoms with van der Waals surface area (Å²) in [6, 6.07) is -10.7. The van der Waals surface area contributed by atoms with Gasteiger partial charge < -0.3 is 19.7 Å². The molecule has 1 fully saturated rings. The summed E-state index contributed by atoms with van der Waals surface area (Å²) in [6.07, 6.45) is -14.9. The number of hydrogen-bond donors (Lipinski definition) is 2. The van der Waals surface area contributed by atoms with E-state index in [0.29, 0.717) is 24.3 Å². The first-order chi connectivity index (χ1) is 24.2. The summed E-state index contributed by atoms with van der Waals surface area (Å²) in [7, 11) is -5.47. The summed E-state index contributed by atoms with van der Waals surface area (Å²) in [4.78, 5) is 12.1. The van der Waals surface area contributed by atoms with Crippen LogP contribution in [0.1, 0.15) is 40.1 Å². The number of amides is 1. The van der Waals surface area contributed by atoms with E-state index in [1.165, 1.54) is 19.9 Å². The van der Waals surface area contributed by atoms with Crippen LogP contribution in [0.5, 0.6) is 0 Å². The predicted molar refractivity (Wildman–Crippen MR) is 142 cm³/mol. The van der Waals surface area contributed by atoms with Crippen LogP contribution in [0.2, 0.25) is 0 Å². The lowest BCUT2D eigenvalue weighted by atomic mass is 9.94. The first-order valence-electron chi connectivity index (χ1n) is 17.9. The predicted octanol–water partition coefficient (Wildman–Crippen LogP) is 4.19. The molecular formula is C28H33F3N2O7S. The van der Waals surface area contributed by atoms with E-state index in [0.717, 1.165) is 6.26 Å². The zero-order valence-corrected chi connectivity index (χ0v) is 22.3. The molecule has 0 spiro atoms. The molecule has 2 heterocycles. The second-order valence-corrected chi connectivity index (χ2v) is 11.2. The molecule has 2 aliphatic heterocycles. The molecule has 2 aliphatic rings. The minimum absolute atomic E-state index is 0.192. The highest BCUT2D eigenvalue weighted by molar-refractivity contribution is 7.89. The summed E-state index contributed by atoms with van der Waals surface area (Å²) < 4.78 is 184. The van der Waals surface area contributed by atoms with E-state index >= 15 is 0 Å². The number of benzene rings is 2. The van der Waals surface area contributed by atoms with Gasteiger partial charge in [0.25, 0.3) is 0 Å². The fraction of sp³-hybridized carbons (Fsp3) is 0.464. The van der Waals surface area contributed by atoms with Crippen molar-refractivity contribution in [3.8, 4) is 0 Å². The van der Waals surface area contributed by atoms with Crippen molar-refractivity contribution in [1.29, 1.82) is 1.43 Å². The van der Waals surface area contributed by atoms with E-state index in [-0.39, 0.29) is 9.21 Å². The molecule has 0 bridgehead atoms. The van der Waals surface area contributed by atoms with Crippen LogP contribution in [0.25, 0.3) is 0 Å². The monoisotopic (exact) mass is 610 g/mol. The SMILES string of the molecule is [2H]O[C@]([2H])(C([2H])([2H])N(CC(C)C)S(=O)(=O)c1ccc(C(F)(F)F)cc1)[C@@]([2H])(N(C(=O)O)C1CO[C@@H]2OC=C[C@@H]12)C([2H])([2H])c1c([2H])c([2H])c([2H])c([2H])c1[2H]. The van der Waals surface area contributed by atoms with Gasteiger partial charge in [-0.05, 0) is 48.2 Å². The van der Waals surface area contributed by atoms with Crippen molar-refractivity contribution < 1.29 is 61.2 Å². The van der Waals surface area contributed by atoms with Gasteiger partial charge in [0.05, 0.1) is 57.0 Å². The second-order valence-electron chi connectivity index (χ2n) is 9.33. The lowest BCUT2D eigenvalue weighted by Gasteiger charge is -2.39. The number of fused-ring (bicyclic) bond motifs is 1. The maximum atomic E-state index is 14.2. The number of alkyl halides is 3. The van der Waals surface area contributed by atoms with Crippen molar-refractivity contribution in [2.45, 2.75) is 55.7 Å². The fourth-order valence-electron chi connectivity index (χ4n) is 4.11. The van der Waals surface area contributed by atoms with Crippen LogP contribution in [0.15, 0.2) is 71.7 Å². The third-order valence-electron chi connectivity index (χ3n) is 5.97. The number of sulfonamides is 1. The number of nitrogens with zero attached hydrogens (tertiary/aromatic N) is 2. The molecule has 224 valence electrons. The third-order valence-corrected chi connectivity index (χ3v) is 7.66. The molecule has 1 saturated heterocycles. The Hall–Kier alpha value is -3.13. The van der Waals surface area contributed by atoms with Crippen molar-refractivity contribution in [2.75, 3.05) is 19.6 Å².